The van der Waals surface area contributed by atoms with Gasteiger partial charge in [-0.15, -0.1) is 21.5 Å². The number of fused-ring (bicyclic) bond motifs is 2. The van der Waals surface area contributed by atoms with Gasteiger partial charge in [0.1, 0.15) is 24.8 Å². The van der Waals surface area contributed by atoms with Crippen LogP contribution in [0, 0.1) is 6.92 Å². The van der Waals surface area contributed by atoms with Crippen LogP contribution in [0.5, 0.6) is 11.5 Å². The quantitative estimate of drug-likeness (QED) is 0.0490. The number of hydrogen-bond donors (Lipinski definition) is 0. The molecule has 55 heavy (non-hydrogen) atoms. The van der Waals surface area contributed by atoms with Crippen LogP contribution in [-0.4, -0.2) is 92.3 Å². The number of rotatable bonds is 18. The molecule has 4 heterocycles. The van der Waals surface area contributed by atoms with E-state index in [-0.39, 0.29) is 6.61 Å². The molecule has 1 aliphatic rings. The number of aromatic nitrogens is 4. The van der Waals surface area contributed by atoms with Crippen molar-refractivity contribution in [2.45, 2.75) is 71.9 Å². The summed E-state index contributed by atoms with van der Waals surface area (Å²) < 4.78 is 26.7. The maximum atomic E-state index is 13.1. The monoisotopic (exact) mass is 803 g/mol. The van der Waals surface area contributed by atoms with Crippen molar-refractivity contribution in [1.29, 1.82) is 0 Å². The zero-order valence-corrected chi connectivity index (χ0v) is 35.7. The Hall–Kier alpha value is -4.15. The van der Waals surface area contributed by atoms with Crippen molar-refractivity contribution in [3.8, 4) is 11.5 Å². The van der Waals surface area contributed by atoms with E-state index in [4.69, 9.17) is 34.0 Å². The molecule has 0 radical (unpaired) electrons. The summed E-state index contributed by atoms with van der Waals surface area (Å²) in [5.41, 5.74) is 3.53. The summed E-state index contributed by atoms with van der Waals surface area (Å²) in [6, 6.07) is 17.1. The van der Waals surface area contributed by atoms with Crippen LogP contribution in [0.4, 0.5) is 16.8 Å². The van der Waals surface area contributed by atoms with Crippen LogP contribution in [-0.2, 0) is 29.0 Å². The summed E-state index contributed by atoms with van der Waals surface area (Å²) in [5, 5.41) is 10.1. The maximum Gasteiger partial charge on any atom is 0.358 e. The van der Waals surface area contributed by atoms with Crippen molar-refractivity contribution in [1.82, 2.24) is 24.6 Å². The lowest BCUT2D eigenvalue weighted by molar-refractivity contribution is 0.0519. The van der Waals surface area contributed by atoms with Gasteiger partial charge in [0.05, 0.1) is 23.4 Å². The number of anilines is 2. The van der Waals surface area contributed by atoms with Crippen molar-refractivity contribution in [3.05, 3.63) is 75.0 Å². The third-order valence-electron chi connectivity index (χ3n) is 9.20. The topological polar surface area (TPSA) is 116 Å². The molecule has 5 aromatic rings. The predicted octanol–water partition coefficient (Wildman–Crippen LogP) is 8.02. The van der Waals surface area contributed by atoms with Crippen LogP contribution in [0.25, 0.3) is 10.2 Å². The molecule has 6 rings (SSSR count). The molecule has 0 unspecified atom stereocenters. The lowest BCUT2D eigenvalue weighted by Gasteiger charge is -2.28. The van der Waals surface area contributed by atoms with Gasteiger partial charge in [-0.05, 0) is 96.1 Å². The molecule has 0 saturated carbocycles. The highest BCUT2D eigenvalue weighted by Gasteiger charge is 2.29. The number of ether oxygens (including phenoxy) is 4. The number of aryl methyl sites for hydroxylation is 1. The molecule has 0 atom stereocenters. The Labute approximate surface area is 332 Å². The second kappa shape index (κ2) is 18.7. The minimum atomic E-state index is -1.21. The highest BCUT2D eigenvalue weighted by Crippen LogP contribution is 2.39. The van der Waals surface area contributed by atoms with Gasteiger partial charge >= 0.3 is 5.97 Å². The third kappa shape index (κ3) is 10.6. The minimum Gasteiger partial charge on any atom is -0.494 e. The fourth-order valence-corrected chi connectivity index (χ4v) is 8.99. The number of carbonyl (C=O) groups is 1. The normalized spacial score (nSPS) is 13.5. The molecule has 12 nitrogen and oxygen atoms in total. The van der Waals surface area contributed by atoms with E-state index in [0.717, 1.165) is 86.9 Å². The van der Waals surface area contributed by atoms with E-state index in [1.54, 1.807) is 18.3 Å². The average Bonchev–Trinajstić information content (AvgIpc) is 3.74. The molecule has 0 fully saturated rings. The van der Waals surface area contributed by atoms with Crippen LogP contribution >= 0.6 is 22.7 Å². The summed E-state index contributed by atoms with van der Waals surface area (Å²) in [7, 11) is 2.83. The molecule has 0 bridgehead atoms. The highest BCUT2D eigenvalue weighted by molar-refractivity contribution is 7.16. The molecule has 15 heteroatoms. The number of thiazole rings is 2. The SMILES string of the molecule is CCOC(=O)c1nc(N2CCCc3c2nnc(N=c2sc4ccccc4n2COCC[Si](C)(C)C)c3C)sc1CCCOc1ccc(OCCN(C)C)cc1. The van der Waals surface area contributed by atoms with Gasteiger partial charge in [0, 0.05) is 43.8 Å². The standard InChI is InChI=1S/C40H53N7O5S2Si/c1-8-50-38(48)35-34(16-12-23-51-29-17-19-30(20-18-29)52-24-22-45(3)4)54-39(41-35)46-21-11-13-31-28(2)36(43-44-37(31)46)42-40-47(27-49-25-26-55(5,6)7)32-14-9-10-15-33(32)53-40/h9-10,14-15,17-20H,8,11-13,16,21-27H2,1-7H3. The van der Waals surface area contributed by atoms with E-state index in [2.05, 4.69) is 58.2 Å². The lowest BCUT2D eigenvalue weighted by atomic mass is 10.0. The smallest absolute Gasteiger partial charge is 0.358 e. The van der Waals surface area contributed by atoms with E-state index in [1.807, 2.05) is 50.5 Å². The summed E-state index contributed by atoms with van der Waals surface area (Å²) in [5.74, 6) is 2.53. The predicted molar refractivity (Wildman–Crippen MR) is 224 cm³/mol. The number of benzene rings is 2. The van der Waals surface area contributed by atoms with Crippen molar-refractivity contribution in [2.24, 2.45) is 4.99 Å². The van der Waals surface area contributed by atoms with Gasteiger partial charge in [-0.1, -0.05) is 43.1 Å². The van der Waals surface area contributed by atoms with Crippen LogP contribution < -0.4 is 19.2 Å². The first kappa shape index (κ1) is 40.5. The molecule has 1 aliphatic heterocycles. The molecule has 2 aromatic carbocycles. The molecular formula is C40H53N7O5S2Si. The van der Waals surface area contributed by atoms with Gasteiger partial charge < -0.3 is 28.7 Å². The number of para-hydroxylation sites is 1. The van der Waals surface area contributed by atoms with Crippen molar-refractivity contribution in [3.63, 3.8) is 0 Å². The number of carbonyl (C=O) groups excluding carboxylic acids is 1. The molecule has 0 saturated heterocycles. The van der Waals surface area contributed by atoms with Crippen molar-refractivity contribution >= 4 is 63.7 Å². The molecule has 294 valence electrons. The Morgan fingerprint density at radius 3 is 2.45 bits per heavy atom. The Morgan fingerprint density at radius 1 is 0.982 bits per heavy atom. The molecule has 3 aromatic heterocycles. The second-order valence-electron chi connectivity index (χ2n) is 15.0. The fraction of sp³-hybridized carbons (Fsp3) is 0.475. The van der Waals surface area contributed by atoms with Gasteiger partial charge in [-0.3, -0.25) is 4.57 Å². The van der Waals surface area contributed by atoms with E-state index in [9.17, 15) is 4.79 Å². The average molecular weight is 804 g/mol. The fourth-order valence-electron chi connectivity index (χ4n) is 6.10. The van der Waals surface area contributed by atoms with Crippen LogP contribution in [0.1, 0.15) is 46.3 Å². The van der Waals surface area contributed by atoms with Gasteiger partial charge in [0.25, 0.3) is 0 Å². The number of hydrogen-bond acceptors (Lipinski definition) is 13. The van der Waals surface area contributed by atoms with Crippen LogP contribution in [0.15, 0.2) is 53.5 Å². The van der Waals surface area contributed by atoms with Crippen molar-refractivity contribution < 1.29 is 23.7 Å². The Bertz CT molecular complexity index is 2120. The first-order chi connectivity index (χ1) is 26.5. The highest BCUT2D eigenvalue weighted by atomic mass is 32.1. The molecule has 0 spiro atoms. The Balaban J connectivity index is 1.19. The third-order valence-corrected chi connectivity index (χ3v) is 13.1. The number of likely N-dealkylation sites (N-methyl/N-ethyl adjacent to an activating group) is 1. The molecule has 0 amide bonds. The zero-order chi connectivity index (χ0) is 39.0. The number of nitrogens with zero attached hydrogens (tertiary/aromatic N) is 7. The van der Waals surface area contributed by atoms with E-state index in [1.165, 1.54) is 11.3 Å². The lowest BCUT2D eigenvalue weighted by Crippen LogP contribution is -2.27. The molecule has 0 aliphatic carbocycles. The van der Waals surface area contributed by atoms with Gasteiger partial charge in [0.15, 0.2) is 27.3 Å². The van der Waals surface area contributed by atoms with E-state index in [0.29, 0.717) is 49.4 Å². The largest absolute Gasteiger partial charge is 0.494 e. The second-order valence-corrected chi connectivity index (χ2v) is 22.7. The first-order valence-electron chi connectivity index (χ1n) is 19.0. The van der Waals surface area contributed by atoms with E-state index < -0.39 is 14.0 Å². The van der Waals surface area contributed by atoms with Crippen LogP contribution in [0.3, 0.4) is 0 Å². The first-order valence-corrected chi connectivity index (χ1v) is 24.4. The summed E-state index contributed by atoms with van der Waals surface area (Å²) in [6.45, 7) is 15.1. The van der Waals surface area contributed by atoms with Gasteiger partial charge in [-0.2, -0.15) is 4.99 Å². The summed E-state index contributed by atoms with van der Waals surface area (Å²) in [6.07, 6.45) is 3.09. The molecular weight excluding hydrogens is 751 g/mol. The summed E-state index contributed by atoms with van der Waals surface area (Å²) in [4.78, 5) is 28.9. The van der Waals surface area contributed by atoms with Gasteiger partial charge in [0.2, 0.25) is 0 Å². The van der Waals surface area contributed by atoms with Crippen molar-refractivity contribution in [2.75, 3.05) is 58.5 Å². The van der Waals surface area contributed by atoms with Gasteiger partial charge in [-0.25, -0.2) is 9.78 Å². The Morgan fingerprint density at radius 2 is 1.73 bits per heavy atom. The van der Waals surface area contributed by atoms with E-state index >= 15 is 0 Å². The maximum absolute atomic E-state index is 13.1. The molecule has 0 N–H and O–H groups in total. The summed E-state index contributed by atoms with van der Waals surface area (Å²) >= 11 is 3.13. The minimum absolute atomic E-state index is 0.275. The number of esters is 1. The zero-order valence-electron chi connectivity index (χ0n) is 33.1. The van der Waals surface area contributed by atoms with Crippen LogP contribution in [0.2, 0.25) is 25.7 Å². The Kier molecular flexibility index (Phi) is 13.7.